The number of primary amides is 1. The topological polar surface area (TPSA) is 90.2 Å². The van der Waals surface area contributed by atoms with Gasteiger partial charge in [-0.3, -0.25) is 4.68 Å². The Morgan fingerprint density at radius 2 is 2.29 bits per heavy atom. The molecule has 4 N–H and O–H groups in total. The number of aromatic nitrogens is 2. The quantitative estimate of drug-likeness (QED) is 0.581. The average molecular weight is 195 g/mol. The van der Waals surface area contributed by atoms with Gasteiger partial charge >= 0.3 is 6.03 Å². The van der Waals surface area contributed by atoms with E-state index in [2.05, 4.69) is 5.10 Å². The zero-order valence-corrected chi connectivity index (χ0v) is 8.03. The highest BCUT2D eigenvalue weighted by Gasteiger charge is 2.23. The lowest BCUT2D eigenvalue weighted by molar-refractivity contribution is 0.202. The van der Waals surface area contributed by atoms with E-state index in [9.17, 15) is 4.79 Å². The molecule has 1 aromatic heterocycles. The Hall–Kier alpha value is -1.72. The number of anilines is 1. The minimum absolute atomic E-state index is 0.404. The Bertz CT molecular complexity index is 383. The van der Waals surface area contributed by atoms with Gasteiger partial charge in [0.15, 0.2) is 0 Å². The van der Waals surface area contributed by atoms with Crippen molar-refractivity contribution in [3.63, 3.8) is 0 Å². The van der Waals surface area contributed by atoms with Crippen LogP contribution in [0.15, 0.2) is 0 Å². The number of carbonyl (C=O) groups excluding carboxylic acids is 1. The number of hydrogen-bond donors (Lipinski definition) is 2. The minimum atomic E-state index is -0.404. The van der Waals surface area contributed by atoms with Crippen LogP contribution >= 0.6 is 0 Å². The van der Waals surface area contributed by atoms with Crippen LogP contribution in [-0.4, -0.2) is 27.3 Å². The van der Waals surface area contributed by atoms with Crippen molar-refractivity contribution in [2.75, 3.05) is 12.3 Å². The summed E-state index contributed by atoms with van der Waals surface area (Å²) >= 11 is 0. The standard InChI is InChI=1S/C8H13N5O/c1-12-7(9)5-4-13(8(10)14)3-2-6(5)11-12/h2-4,9H2,1H3,(H2,10,14). The van der Waals surface area contributed by atoms with E-state index in [1.807, 2.05) is 0 Å². The van der Waals surface area contributed by atoms with Crippen LogP contribution in [0, 0.1) is 0 Å². The molecule has 1 aromatic rings. The first-order valence-corrected chi connectivity index (χ1v) is 4.44. The maximum Gasteiger partial charge on any atom is 0.315 e. The van der Waals surface area contributed by atoms with E-state index in [0.29, 0.717) is 18.9 Å². The second-order valence-electron chi connectivity index (χ2n) is 3.44. The molecule has 0 bridgehead atoms. The van der Waals surface area contributed by atoms with Crippen molar-refractivity contribution in [3.8, 4) is 0 Å². The fourth-order valence-electron chi connectivity index (χ4n) is 1.71. The highest BCUT2D eigenvalue weighted by atomic mass is 16.2. The van der Waals surface area contributed by atoms with E-state index in [0.717, 1.165) is 17.7 Å². The molecule has 0 spiro atoms. The van der Waals surface area contributed by atoms with Crippen molar-refractivity contribution in [1.29, 1.82) is 0 Å². The fraction of sp³-hybridized carbons (Fsp3) is 0.500. The molecule has 6 nitrogen and oxygen atoms in total. The summed E-state index contributed by atoms with van der Waals surface area (Å²) in [5, 5.41) is 4.26. The predicted molar refractivity (Wildman–Crippen MR) is 51.3 cm³/mol. The molecular weight excluding hydrogens is 182 g/mol. The second-order valence-corrected chi connectivity index (χ2v) is 3.44. The summed E-state index contributed by atoms with van der Waals surface area (Å²) in [7, 11) is 1.79. The van der Waals surface area contributed by atoms with Crippen LogP contribution in [0.25, 0.3) is 0 Å². The van der Waals surface area contributed by atoms with Crippen LogP contribution in [0.5, 0.6) is 0 Å². The normalized spacial score (nSPS) is 15.4. The largest absolute Gasteiger partial charge is 0.384 e. The Morgan fingerprint density at radius 3 is 2.93 bits per heavy atom. The summed E-state index contributed by atoms with van der Waals surface area (Å²) in [6.45, 7) is 1.10. The van der Waals surface area contributed by atoms with Gasteiger partial charge < -0.3 is 16.4 Å². The van der Waals surface area contributed by atoms with Gasteiger partial charge in [-0.15, -0.1) is 0 Å². The van der Waals surface area contributed by atoms with Crippen molar-refractivity contribution in [3.05, 3.63) is 11.3 Å². The molecule has 1 aliphatic rings. The van der Waals surface area contributed by atoms with Crippen molar-refractivity contribution < 1.29 is 4.79 Å². The lowest BCUT2D eigenvalue weighted by atomic mass is 10.1. The maximum absolute atomic E-state index is 11.0. The van der Waals surface area contributed by atoms with Gasteiger partial charge in [-0.05, 0) is 0 Å². The van der Waals surface area contributed by atoms with Crippen molar-refractivity contribution >= 4 is 11.8 Å². The van der Waals surface area contributed by atoms with Crippen LogP contribution in [0.3, 0.4) is 0 Å². The summed E-state index contributed by atoms with van der Waals surface area (Å²) in [5.74, 6) is 0.617. The van der Waals surface area contributed by atoms with Gasteiger partial charge in [0.25, 0.3) is 0 Å². The molecule has 0 saturated carbocycles. The van der Waals surface area contributed by atoms with E-state index in [-0.39, 0.29) is 0 Å². The van der Waals surface area contributed by atoms with Gasteiger partial charge in [0, 0.05) is 25.6 Å². The maximum atomic E-state index is 11.0. The predicted octanol–water partition coefficient (Wildman–Crippen LogP) is -0.561. The SMILES string of the molecule is Cn1nc2c(c1N)CN(C(N)=O)CC2. The van der Waals surface area contributed by atoms with E-state index < -0.39 is 6.03 Å². The second kappa shape index (κ2) is 2.90. The molecule has 0 unspecified atom stereocenters. The number of carbonyl (C=O) groups is 1. The zero-order valence-electron chi connectivity index (χ0n) is 8.03. The molecule has 2 heterocycles. The number of nitrogens with two attached hydrogens (primary N) is 2. The van der Waals surface area contributed by atoms with E-state index in [1.165, 1.54) is 0 Å². The number of hydrogen-bond acceptors (Lipinski definition) is 3. The fourth-order valence-corrected chi connectivity index (χ4v) is 1.71. The zero-order chi connectivity index (χ0) is 10.3. The Morgan fingerprint density at radius 1 is 1.57 bits per heavy atom. The molecule has 0 aliphatic carbocycles. The number of aryl methyl sites for hydroxylation is 1. The summed E-state index contributed by atoms with van der Waals surface area (Å²) in [5.41, 5.74) is 12.9. The first kappa shape index (κ1) is 8.86. The van der Waals surface area contributed by atoms with Crippen LogP contribution < -0.4 is 11.5 Å². The summed E-state index contributed by atoms with van der Waals surface area (Å²) < 4.78 is 1.63. The third-order valence-electron chi connectivity index (χ3n) is 2.56. The number of fused-ring (bicyclic) bond motifs is 1. The highest BCUT2D eigenvalue weighted by molar-refractivity contribution is 5.72. The lowest BCUT2D eigenvalue weighted by Crippen LogP contribution is -2.39. The Labute approximate surface area is 81.5 Å². The molecule has 0 aromatic carbocycles. The molecule has 0 fully saturated rings. The summed E-state index contributed by atoms with van der Waals surface area (Å²) in [6.07, 6.45) is 0.726. The van der Waals surface area contributed by atoms with E-state index >= 15 is 0 Å². The van der Waals surface area contributed by atoms with E-state index in [4.69, 9.17) is 11.5 Å². The van der Waals surface area contributed by atoms with Gasteiger partial charge in [-0.2, -0.15) is 5.10 Å². The highest BCUT2D eigenvalue weighted by Crippen LogP contribution is 2.22. The first-order valence-electron chi connectivity index (χ1n) is 4.44. The third kappa shape index (κ3) is 1.19. The monoisotopic (exact) mass is 195 g/mol. The average Bonchev–Trinajstić information content (AvgIpc) is 2.43. The first-order chi connectivity index (χ1) is 6.59. The summed E-state index contributed by atoms with van der Waals surface area (Å²) in [4.78, 5) is 12.5. The van der Waals surface area contributed by atoms with Crippen LogP contribution in [0.2, 0.25) is 0 Å². The number of amides is 2. The number of urea groups is 1. The molecule has 14 heavy (non-hydrogen) atoms. The Kier molecular flexibility index (Phi) is 1.83. The molecule has 2 rings (SSSR count). The van der Waals surface area contributed by atoms with Crippen LogP contribution in [0.4, 0.5) is 10.6 Å². The van der Waals surface area contributed by atoms with Gasteiger partial charge in [0.05, 0.1) is 12.2 Å². The lowest BCUT2D eigenvalue weighted by Gasteiger charge is -2.24. The van der Waals surface area contributed by atoms with E-state index in [1.54, 1.807) is 16.6 Å². The van der Waals surface area contributed by atoms with Gasteiger partial charge in [0.1, 0.15) is 5.82 Å². The van der Waals surface area contributed by atoms with Crippen LogP contribution in [0.1, 0.15) is 11.3 Å². The van der Waals surface area contributed by atoms with Crippen molar-refractivity contribution in [1.82, 2.24) is 14.7 Å². The molecule has 0 atom stereocenters. The number of nitrogen functional groups attached to an aromatic ring is 1. The van der Waals surface area contributed by atoms with Crippen molar-refractivity contribution in [2.45, 2.75) is 13.0 Å². The molecule has 6 heteroatoms. The molecule has 76 valence electrons. The molecular formula is C8H13N5O. The number of rotatable bonds is 0. The Balaban J connectivity index is 2.33. The molecule has 0 radical (unpaired) electrons. The third-order valence-corrected chi connectivity index (χ3v) is 2.56. The van der Waals surface area contributed by atoms with Gasteiger partial charge in [-0.25, -0.2) is 4.79 Å². The smallest absolute Gasteiger partial charge is 0.315 e. The van der Waals surface area contributed by atoms with Gasteiger partial charge in [0.2, 0.25) is 0 Å². The molecule has 0 saturated heterocycles. The minimum Gasteiger partial charge on any atom is -0.384 e. The van der Waals surface area contributed by atoms with Gasteiger partial charge in [-0.1, -0.05) is 0 Å². The van der Waals surface area contributed by atoms with Crippen molar-refractivity contribution in [2.24, 2.45) is 12.8 Å². The molecule has 1 aliphatic heterocycles. The van der Waals surface area contributed by atoms with Crippen LogP contribution in [-0.2, 0) is 20.0 Å². The summed E-state index contributed by atoms with van der Waals surface area (Å²) in [6, 6.07) is -0.404. The number of nitrogens with zero attached hydrogens (tertiary/aromatic N) is 3. The molecule has 2 amide bonds.